The summed E-state index contributed by atoms with van der Waals surface area (Å²) < 4.78 is 3.18. The van der Waals surface area contributed by atoms with Crippen molar-refractivity contribution in [3.63, 3.8) is 0 Å². The summed E-state index contributed by atoms with van der Waals surface area (Å²) in [6.45, 7) is 0. The van der Waals surface area contributed by atoms with Gasteiger partial charge in [0.2, 0.25) is 0 Å². The van der Waals surface area contributed by atoms with Crippen molar-refractivity contribution in [1.29, 1.82) is 0 Å². The molecule has 106 valence electrons. The average molecular weight is 282 g/mol. The Kier molecular flexibility index (Phi) is 3.15. The van der Waals surface area contributed by atoms with Gasteiger partial charge in [-0.15, -0.1) is 0 Å². The molecule has 2 heterocycles. The molecule has 0 bridgehead atoms. The van der Waals surface area contributed by atoms with E-state index >= 15 is 0 Å². The number of benzene rings is 1. The summed E-state index contributed by atoms with van der Waals surface area (Å²) in [4.78, 5) is 12.1. The summed E-state index contributed by atoms with van der Waals surface area (Å²) in [7, 11) is 1.75. The lowest BCUT2D eigenvalue weighted by atomic mass is 10.3. The first kappa shape index (κ1) is 12.9. The van der Waals surface area contributed by atoms with Crippen molar-refractivity contribution in [2.24, 2.45) is 7.05 Å². The topological polar surface area (TPSA) is 90.8 Å². The second-order valence-corrected chi connectivity index (χ2v) is 4.53. The van der Waals surface area contributed by atoms with E-state index in [1.165, 1.54) is 0 Å². The normalized spacial score (nSPS) is 10.5. The highest BCUT2D eigenvalue weighted by molar-refractivity contribution is 6.02. The third-order valence-corrected chi connectivity index (χ3v) is 3.02. The van der Waals surface area contributed by atoms with Crippen LogP contribution in [0.1, 0.15) is 10.5 Å². The predicted octanol–water partition coefficient (Wildman–Crippen LogP) is 1.44. The molecule has 1 amide bonds. The van der Waals surface area contributed by atoms with Crippen LogP contribution in [0.25, 0.3) is 5.69 Å². The number of nitrogens with two attached hydrogens (primary N) is 1. The van der Waals surface area contributed by atoms with Crippen LogP contribution in [-0.4, -0.2) is 25.5 Å². The Morgan fingerprint density at radius 2 is 2.14 bits per heavy atom. The molecule has 3 rings (SSSR count). The van der Waals surface area contributed by atoms with Gasteiger partial charge in [0.05, 0.1) is 11.9 Å². The Morgan fingerprint density at radius 3 is 2.86 bits per heavy atom. The van der Waals surface area contributed by atoms with Crippen LogP contribution in [0.4, 0.5) is 11.5 Å². The zero-order valence-corrected chi connectivity index (χ0v) is 11.4. The van der Waals surface area contributed by atoms with E-state index in [9.17, 15) is 4.79 Å². The first-order valence-electron chi connectivity index (χ1n) is 6.34. The lowest BCUT2D eigenvalue weighted by Crippen LogP contribution is -2.15. The molecule has 3 N–H and O–H groups in total. The number of aromatic nitrogens is 4. The Labute approximate surface area is 121 Å². The molecule has 0 aliphatic carbocycles. The number of anilines is 2. The number of carbonyl (C=O) groups excluding carboxylic acids is 1. The molecule has 3 aromatic rings. The largest absolute Gasteiger partial charge is 0.399 e. The number of carbonyl (C=O) groups is 1. The van der Waals surface area contributed by atoms with Gasteiger partial charge in [0.25, 0.3) is 5.91 Å². The molecule has 1 aromatic carbocycles. The second kappa shape index (κ2) is 5.12. The van der Waals surface area contributed by atoms with E-state index in [2.05, 4.69) is 15.5 Å². The van der Waals surface area contributed by atoms with Crippen molar-refractivity contribution in [2.75, 3.05) is 11.1 Å². The van der Waals surface area contributed by atoms with Crippen molar-refractivity contribution in [3.8, 4) is 5.69 Å². The van der Waals surface area contributed by atoms with Crippen molar-refractivity contribution in [2.45, 2.75) is 0 Å². The molecule has 7 heteroatoms. The maximum absolute atomic E-state index is 12.1. The van der Waals surface area contributed by atoms with Crippen LogP contribution in [0.15, 0.2) is 48.8 Å². The molecule has 0 unspecified atom stereocenters. The van der Waals surface area contributed by atoms with Crippen LogP contribution in [-0.2, 0) is 7.05 Å². The fourth-order valence-corrected chi connectivity index (χ4v) is 1.93. The lowest BCUT2D eigenvalue weighted by molar-refractivity contribution is 0.102. The number of nitrogens with one attached hydrogen (secondary N) is 1. The highest BCUT2D eigenvalue weighted by Gasteiger charge is 2.12. The number of aryl methyl sites for hydroxylation is 1. The lowest BCUT2D eigenvalue weighted by Gasteiger charge is -2.03. The molecule has 0 spiro atoms. The van der Waals surface area contributed by atoms with Gasteiger partial charge in [0.1, 0.15) is 5.82 Å². The quantitative estimate of drug-likeness (QED) is 0.711. The summed E-state index contributed by atoms with van der Waals surface area (Å²) >= 11 is 0. The van der Waals surface area contributed by atoms with Gasteiger partial charge >= 0.3 is 0 Å². The van der Waals surface area contributed by atoms with Gasteiger partial charge in [0, 0.05) is 25.0 Å². The Bertz CT molecular complexity index is 788. The Balaban J connectivity index is 1.82. The average Bonchev–Trinajstić information content (AvgIpc) is 3.09. The number of nitrogens with zero attached hydrogens (tertiary/aromatic N) is 4. The SMILES string of the molecule is Cn1nccc1NC(=O)c1ccn(-c2cccc(N)c2)n1. The highest BCUT2D eigenvalue weighted by atomic mass is 16.2. The van der Waals surface area contributed by atoms with E-state index in [4.69, 9.17) is 5.73 Å². The summed E-state index contributed by atoms with van der Waals surface area (Å²) in [6.07, 6.45) is 3.33. The molecule has 7 nitrogen and oxygen atoms in total. The molecule has 21 heavy (non-hydrogen) atoms. The third-order valence-electron chi connectivity index (χ3n) is 3.02. The van der Waals surface area contributed by atoms with Gasteiger partial charge in [-0.1, -0.05) is 6.07 Å². The summed E-state index contributed by atoms with van der Waals surface area (Å²) in [6, 6.07) is 10.6. The van der Waals surface area contributed by atoms with Crippen LogP contribution < -0.4 is 11.1 Å². The number of hydrogen-bond donors (Lipinski definition) is 2. The van der Waals surface area contributed by atoms with E-state index in [1.54, 1.807) is 53.1 Å². The van der Waals surface area contributed by atoms with E-state index in [0.29, 0.717) is 17.2 Å². The number of nitrogen functional groups attached to an aromatic ring is 1. The predicted molar refractivity (Wildman–Crippen MR) is 79.1 cm³/mol. The van der Waals surface area contributed by atoms with Gasteiger partial charge in [-0.25, -0.2) is 4.68 Å². The minimum absolute atomic E-state index is 0.291. The molecular weight excluding hydrogens is 268 g/mol. The first-order valence-corrected chi connectivity index (χ1v) is 6.34. The van der Waals surface area contributed by atoms with Gasteiger partial charge in [-0.05, 0) is 24.3 Å². The molecule has 0 saturated carbocycles. The van der Waals surface area contributed by atoms with Gasteiger partial charge in [0.15, 0.2) is 5.69 Å². The Morgan fingerprint density at radius 1 is 1.29 bits per heavy atom. The number of rotatable bonds is 3. The van der Waals surface area contributed by atoms with Gasteiger partial charge in [-0.3, -0.25) is 9.48 Å². The van der Waals surface area contributed by atoms with E-state index in [-0.39, 0.29) is 5.91 Å². The maximum atomic E-state index is 12.1. The Hall–Kier alpha value is -3.09. The molecule has 0 fully saturated rings. The molecule has 0 aliphatic heterocycles. The van der Waals surface area contributed by atoms with E-state index < -0.39 is 0 Å². The van der Waals surface area contributed by atoms with Crippen molar-refractivity contribution < 1.29 is 4.79 Å². The molecule has 0 atom stereocenters. The monoisotopic (exact) mass is 282 g/mol. The molecule has 2 aromatic heterocycles. The molecule has 0 radical (unpaired) electrons. The highest BCUT2D eigenvalue weighted by Crippen LogP contribution is 2.12. The fraction of sp³-hybridized carbons (Fsp3) is 0.0714. The standard InChI is InChI=1S/C14H14N6O/c1-19-13(5-7-16-19)17-14(21)12-6-8-20(18-12)11-4-2-3-10(15)9-11/h2-9H,15H2,1H3,(H,17,21). The minimum atomic E-state index is -0.291. The summed E-state index contributed by atoms with van der Waals surface area (Å²) in [5, 5.41) is 11.0. The van der Waals surface area contributed by atoms with E-state index in [1.807, 2.05) is 12.1 Å². The smallest absolute Gasteiger partial charge is 0.277 e. The molecule has 0 saturated heterocycles. The second-order valence-electron chi connectivity index (χ2n) is 4.53. The van der Waals surface area contributed by atoms with Gasteiger partial charge in [-0.2, -0.15) is 10.2 Å². The zero-order chi connectivity index (χ0) is 14.8. The van der Waals surface area contributed by atoms with E-state index in [0.717, 1.165) is 5.69 Å². The fourth-order valence-electron chi connectivity index (χ4n) is 1.93. The molecular formula is C14H14N6O. The third kappa shape index (κ3) is 2.62. The van der Waals surface area contributed by atoms with Crippen LogP contribution in [0, 0.1) is 0 Å². The molecule has 0 aliphatic rings. The van der Waals surface area contributed by atoms with Crippen molar-refractivity contribution in [1.82, 2.24) is 19.6 Å². The summed E-state index contributed by atoms with van der Waals surface area (Å²) in [5.41, 5.74) is 7.50. The van der Waals surface area contributed by atoms with Crippen LogP contribution in [0.2, 0.25) is 0 Å². The number of hydrogen-bond acceptors (Lipinski definition) is 4. The maximum Gasteiger partial charge on any atom is 0.277 e. The van der Waals surface area contributed by atoms with Crippen LogP contribution in [0.3, 0.4) is 0 Å². The van der Waals surface area contributed by atoms with Crippen LogP contribution in [0.5, 0.6) is 0 Å². The van der Waals surface area contributed by atoms with Gasteiger partial charge < -0.3 is 11.1 Å². The van der Waals surface area contributed by atoms with Crippen LogP contribution >= 0.6 is 0 Å². The summed E-state index contributed by atoms with van der Waals surface area (Å²) in [5.74, 6) is 0.319. The number of amides is 1. The minimum Gasteiger partial charge on any atom is -0.399 e. The first-order chi connectivity index (χ1) is 10.1. The van der Waals surface area contributed by atoms with Crippen molar-refractivity contribution >= 4 is 17.4 Å². The van der Waals surface area contributed by atoms with Crippen molar-refractivity contribution in [3.05, 3.63) is 54.5 Å². The zero-order valence-electron chi connectivity index (χ0n) is 11.4.